The first kappa shape index (κ1) is 34.6. The van der Waals surface area contributed by atoms with Crippen molar-refractivity contribution < 1.29 is 73.5 Å². The Hall–Kier alpha value is -4.26. The molecule has 5 rings (SSSR count). The Bertz CT molecular complexity index is 1740. The number of hydrogen-bond acceptors (Lipinski definition) is 7. The molecule has 236 valence electrons. The summed E-state index contributed by atoms with van der Waals surface area (Å²) in [4.78, 5) is 40.9. The average Bonchev–Trinajstić information content (AvgIpc) is 3.83. The Morgan fingerprint density at radius 3 is 2.22 bits per heavy atom. The summed E-state index contributed by atoms with van der Waals surface area (Å²) in [6.07, 6.45) is 4.23. The minimum Gasteiger partial charge on any atom is -1.00 e. The van der Waals surface area contributed by atoms with Gasteiger partial charge in [0.25, 0.3) is 0 Å². The van der Waals surface area contributed by atoms with Crippen molar-refractivity contribution in [3.8, 4) is 23.0 Å². The van der Waals surface area contributed by atoms with Gasteiger partial charge in [0.2, 0.25) is 11.8 Å². The van der Waals surface area contributed by atoms with Gasteiger partial charge >= 0.3 is 35.5 Å². The number of halogens is 2. The molecule has 10 nitrogen and oxygen atoms in total. The molecule has 0 saturated heterocycles. The molecule has 3 aromatic carbocycles. The molecule has 1 fully saturated rings. The van der Waals surface area contributed by atoms with Crippen LogP contribution in [0.1, 0.15) is 40.0 Å². The second kappa shape index (κ2) is 15.4. The van der Waals surface area contributed by atoms with Crippen LogP contribution in [0.25, 0.3) is 10.9 Å². The summed E-state index contributed by atoms with van der Waals surface area (Å²) in [5.41, 5.74) is -0.260. The minimum absolute atomic E-state index is 0. The average molecular weight is 644 g/mol. The Labute approximate surface area is 287 Å². The topological polar surface area (TPSA) is 136 Å². The van der Waals surface area contributed by atoms with E-state index in [0.29, 0.717) is 72.5 Å². The second-order valence-corrected chi connectivity index (χ2v) is 10.6. The Balaban J connectivity index is 0.00000300. The molecule has 2 amide bonds. The van der Waals surface area contributed by atoms with E-state index in [1.807, 2.05) is 0 Å². The van der Waals surface area contributed by atoms with Crippen LogP contribution in [0.5, 0.6) is 23.0 Å². The number of aromatic nitrogens is 1. The van der Waals surface area contributed by atoms with Gasteiger partial charge in [0, 0.05) is 41.5 Å². The number of carboxylic acids is 1. The molecular weight excluding hydrogens is 611 g/mol. The number of carboxylic acid groups (broad SMARTS) is 1. The summed E-state index contributed by atoms with van der Waals surface area (Å²) in [6, 6.07) is 14.1. The number of aliphatic carboxylic acids is 1. The number of carbonyl (C=O) groups is 3. The first-order valence-electron chi connectivity index (χ1n) is 14.4. The van der Waals surface area contributed by atoms with Crippen molar-refractivity contribution in [3.63, 3.8) is 0 Å². The zero-order valence-corrected chi connectivity index (χ0v) is 27.4. The van der Waals surface area contributed by atoms with E-state index in [1.165, 1.54) is 49.7 Å². The molecule has 1 heterocycles. The normalized spacial score (nSPS) is 12.8. The van der Waals surface area contributed by atoms with Crippen LogP contribution in [0.15, 0.2) is 66.9 Å². The fourth-order valence-electron chi connectivity index (χ4n) is 4.72. The number of unbranched alkanes of at least 4 members (excludes halogenated alkanes) is 2. The molecule has 1 aromatic heterocycles. The molecule has 46 heavy (non-hydrogen) atoms. The first-order valence-corrected chi connectivity index (χ1v) is 14.4. The molecular formula is C33H32F2N3NaO7. The van der Waals surface area contributed by atoms with Crippen molar-refractivity contribution in [2.45, 2.75) is 38.5 Å². The maximum Gasteiger partial charge on any atom is 1.00 e. The monoisotopic (exact) mass is 643 g/mol. The van der Waals surface area contributed by atoms with Crippen LogP contribution in [0, 0.1) is 17.0 Å². The number of methoxy groups -OCH3 is 1. The van der Waals surface area contributed by atoms with Gasteiger partial charge < -0.3 is 31.4 Å². The first-order chi connectivity index (χ1) is 21.7. The van der Waals surface area contributed by atoms with Gasteiger partial charge in [-0.15, -0.1) is 0 Å². The van der Waals surface area contributed by atoms with Crippen LogP contribution in [0.2, 0.25) is 0 Å². The number of carbonyl (C=O) groups excluding carboxylic acids is 2. The predicted molar refractivity (Wildman–Crippen MR) is 163 cm³/mol. The fourth-order valence-corrected chi connectivity index (χ4v) is 4.72. The standard InChI is InChI=1S/C33H31F2N3O7.Na.H/c1-43-28-18-23-25(19-29(28)44-16-4-2-3-5-30(39)40)36-15-12-26(23)45-27-11-10-22(17-24(27)35)38-32(42)33(13-14-33)31(41)37-21-8-6-20(34)7-9-21;;/h6-12,15,17-19H,2-5,13-14,16H2,1H3,(H,37,41)(H,38,42)(H,39,40);;/q;+1;-1. The largest absolute Gasteiger partial charge is 1.00 e. The molecule has 1 saturated carbocycles. The molecule has 1 aliphatic carbocycles. The zero-order valence-electron chi connectivity index (χ0n) is 26.4. The minimum atomic E-state index is -1.29. The van der Waals surface area contributed by atoms with Gasteiger partial charge in [0.1, 0.15) is 17.0 Å². The number of hydrogen-bond donors (Lipinski definition) is 3. The van der Waals surface area contributed by atoms with Crippen LogP contribution < -0.4 is 54.4 Å². The summed E-state index contributed by atoms with van der Waals surface area (Å²) >= 11 is 0. The van der Waals surface area contributed by atoms with E-state index < -0.39 is 34.8 Å². The molecule has 0 radical (unpaired) electrons. The van der Waals surface area contributed by atoms with Crippen molar-refractivity contribution in [3.05, 3.63) is 78.5 Å². The quantitative estimate of drug-likeness (QED) is 0.107. The van der Waals surface area contributed by atoms with Gasteiger partial charge in [0.15, 0.2) is 23.1 Å². The van der Waals surface area contributed by atoms with Crippen LogP contribution >= 0.6 is 0 Å². The SMILES string of the molecule is COc1cc2c(Oc3ccc(NC(=O)C4(C(=O)Nc5ccc(F)cc5)CC4)cc3F)ccnc2cc1OCCCCCC(=O)O.[H-].[Na+]. The molecule has 4 aromatic rings. The van der Waals surface area contributed by atoms with E-state index in [1.54, 1.807) is 18.2 Å². The fraction of sp³-hybridized carbons (Fsp3) is 0.273. The van der Waals surface area contributed by atoms with E-state index in [2.05, 4.69) is 15.6 Å². The van der Waals surface area contributed by atoms with Gasteiger partial charge in [-0.05, 0) is 80.6 Å². The third kappa shape index (κ3) is 8.31. The molecule has 0 aliphatic heterocycles. The third-order valence-corrected chi connectivity index (χ3v) is 7.41. The van der Waals surface area contributed by atoms with Gasteiger partial charge in [-0.2, -0.15) is 0 Å². The molecule has 1 aliphatic rings. The molecule has 0 spiro atoms. The van der Waals surface area contributed by atoms with Crippen LogP contribution in [-0.4, -0.2) is 41.6 Å². The smallest absolute Gasteiger partial charge is 1.00 e. The molecule has 0 bridgehead atoms. The Kier molecular flexibility index (Phi) is 11.5. The van der Waals surface area contributed by atoms with Gasteiger partial charge in [-0.3, -0.25) is 19.4 Å². The van der Waals surface area contributed by atoms with Gasteiger partial charge in [-0.1, -0.05) is 0 Å². The number of benzene rings is 3. The van der Waals surface area contributed by atoms with Crippen LogP contribution in [0.4, 0.5) is 20.2 Å². The predicted octanol–water partition coefficient (Wildman–Crippen LogP) is 3.81. The Morgan fingerprint density at radius 2 is 1.57 bits per heavy atom. The number of fused-ring (bicyclic) bond motifs is 1. The number of rotatable bonds is 14. The number of nitrogens with zero attached hydrogens (tertiary/aromatic N) is 1. The van der Waals surface area contributed by atoms with Crippen molar-refractivity contribution >= 4 is 40.1 Å². The van der Waals surface area contributed by atoms with Crippen molar-refractivity contribution in [2.24, 2.45) is 5.41 Å². The number of nitrogens with one attached hydrogen (secondary N) is 2. The summed E-state index contributed by atoms with van der Waals surface area (Å²) < 4.78 is 45.6. The van der Waals surface area contributed by atoms with E-state index >= 15 is 4.39 Å². The van der Waals surface area contributed by atoms with Crippen LogP contribution in [0.3, 0.4) is 0 Å². The molecule has 0 atom stereocenters. The van der Waals surface area contributed by atoms with E-state index in [-0.39, 0.29) is 48.8 Å². The second-order valence-electron chi connectivity index (χ2n) is 10.6. The van der Waals surface area contributed by atoms with E-state index in [4.69, 9.17) is 19.3 Å². The maximum atomic E-state index is 15.2. The van der Waals surface area contributed by atoms with Gasteiger partial charge in [0.05, 0.1) is 19.2 Å². The van der Waals surface area contributed by atoms with Crippen molar-refractivity contribution in [1.82, 2.24) is 4.98 Å². The van der Waals surface area contributed by atoms with Crippen LogP contribution in [-0.2, 0) is 14.4 Å². The molecule has 0 unspecified atom stereocenters. The molecule has 13 heteroatoms. The summed E-state index contributed by atoms with van der Waals surface area (Å²) in [7, 11) is 1.49. The van der Waals surface area contributed by atoms with Crippen molar-refractivity contribution in [2.75, 3.05) is 24.4 Å². The van der Waals surface area contributed by atoms with E-state index in [0.717, 1.165) is 6.07 Å². The van der Waals surface area contributed by atoms with Crippen molar-refractivity contribution in [1.29, 1.82) is 0 Å². The van der Waals surface area contributed by atoms with Gasteiger partial charge in [-0.25, -0.2) is 8.78 Å². The number of pyridine rings is 1. The zero-order chi connectivity index (χ0) is 32.0. The maximum absolute atomic E-state index is 15.2. The summed E-state index contributed by atoms with van der Waals surface area (Å²) in [5, 5.41) is 14.6. The Morgan fingerprint density at radius 1 is 0.870 bits per heavy atom. The summed E-state index contributed by atoms with van der Waals surface area (Å²) in [5.74, 6) is -2.02. The summed E-state index contributed by atoms with van der Waals surface area (Å²) in [6.45, 7) is 0.367. The van der Waals surface area contributed by atoms with E-state index in [9.17, 15) is 18.8 Å². The number of anilines is 2. The third-order valence-electron chi connectivity index (χ3n) is 7.41. The molecule has 3 N–H and O–H groups in total. The number of amides is 2. The number of ether oxygens (including phenoxy) is 3.